The second-order valence-electron chi connectivity index (χ2n) is 4.42. The minimum absolute atomic E-state index is 0.229. The second kappa shape index (κ2) is 6.05. The van der Waals surface area contributed by atoms with Gasteiger partial charge in [-0.2, -0.15) is 5.10 Å². The Bertz CT molecular complexity index is 507. The van der Waals surface area contributed by atoms with Gasteiger partial charge < -0.3 is 5.32 Å². The summed E-state index contributed by atoms with van der Waals surface area (Å²) >= 11 is 6.02. The average Bonchev–Trinajstić information content (AvgIpc) is 2.88. The molecule has 1 aliphatic rings. The topological polar surface area (TPSA) is 46.9 Å². The Kier molecular flexibility index (Phi) is 4.42. The smallest absolute Gasteiger partial charge is 0.287 e. The Morgan fingerprint density at radius 2 is 2.39 bits per heavy atom. The third kappa shape index (κ3) is 2.93. The molecule has 1 N–H and O–H groups in total. The van der Waals surface area contributed by atoms with Crippen molar-refractivity contribution in [3.63, 3.8) is 0 Å². The lowest BCUT2D eigenvalue weighted by atomic mass is 10.2. The van der Waals surface area contributed by atoms with Crippen molar-refractivity contribution < 1.29 is 0 Å². The summed E-state index contributed by atoms with van der Waals surface area (Å²) in [6.45, 7) is 3.19. The van der Waals surface area contributed by atoms with Crippen molar-refractivity contribution in [3.05, 3.63) is 33.2 Å². The number of nitrogens with zero attached hydrogens (tertiary/aromatic N) is 2. The predicted octanol–water partition coefficient (Wildman–Crippen LogP) is 2.83. The van der Waals surface area contributed by atoms with Crippen LogP contribution in [0, 0.1) is 0 Å². The molecule has 0 aliphatic heterocycles. The van der Waals surface area contributed by atoms with Crippen molar-refractivity contribution in [1.29, 1.82) is 0 Å². The fraction of sp³-hybridized carbons (Fsp3) is 0.538. The van der Waals surface area contributed by atoms with Crippen molar-refractivity contribution in [3.8, 4) is 0 Å². The highest BCUT2D eigenvalue weighted by atomic mass is 35.5. The molecule has 4 nitrogen and oxygen atoms in total. The van der Waals surface area contributed by atoms with E-state index in [1.807, 2.05) is 6.92 Å². The van der Waals surface area contributed by atoms with Crippen LogP contribution in [0.5, 0.6) is 0 Å². The molecule has 1 heterocycles. The third-order valence-electron chi connectivity index (χ3n) is 3.18. The van der Waals surface area contributed by atoms with E-state index in [0.717, 1.165) is 13.0 Å². The standard InChI is InChI=1S/C13H18ClN3O/c1-2-17-13(18)12(14)11(9-16-17)15-8-7-10-5-3-4-6-10/h5,9,15H,2-4,6-8H2,1H3. The van der Waals surface area contributed by atoms with E-state index in [1.165, 1.54) is 29.5 Å². The maximum Gasteiger partial charge on any atom is 0.287 e. The van der Waals surface area contributed by atoms with Crippen LogP contribution in [0.15, 0.2) is 22.6 Å². The van der Waals surface area contributed by atoms with E-state index in [0.29, 0.717) is 12.2 Å². The van der Waals surface area contributed by atoms with Gasteiger partial charge in [-0.3, -0.25) is 4.79 Å². The molecule has 0 spiro atoms. The fourth-order valence-corrected chi connectivity index (χ4v) is 2.35. The van der Waals surface area contributed by atoms with Crippen LogP contribution in [-0.4, -0.2) is 16.3 Å². The number of aryl methyl sites for hydroxylation is 1. The van der Waals surface area contributed by atoms with E-state index in [1.54, 1.807) is 6.20 Å². The van der Waals surface area contributed by atoms with Gasteiger partial charge in [0, 0.05) is 13.1 Å². The molecule has 98 valence electrons. The maximum absolute atomic E-state index is 11.8. The predicted molar refractivity (Wildman–Crippen MR) is 74.2 cm³/mol. The summed E-state index contributed by atoms with van der Waals surface area (Å²) in [5.41, 5.74) is 1.89. The van der Waals surface area contributed by atoms with Crippen molar-refractivity contribution in [2.75, 3.05) is 11.9 Å². The largest absolute Gasteiger partial charge is 0.382 e. The van der Waals surface area contributed by atoms with Gasteiger partial charge in [-0.05, 0) is 32.6 Å². The lowest BCUT2D eigenvalue weighted by Gasteiger charge is -2.09. The summed E-state index contributed by atoms with van der Waals surface area (Å²) in [5.74, 6) is 0. The Morgan fingerprint density at radius 3 is 3.06 bits per heavy atom. The first-order valence-corrected chi connectivity index (χ1v) is 6.77. The Hall–Kier alpha value is -1.29. The van der Waals surface area contributed by atoms with Crippen LogP contribution >= 0.6 is 11.6 Å². The molecule has 1 aromatic rings. The molecule has 1 aromatic heterocycles. The molecule has 0 saturated carbocycles. The number of aromatic nitrogens is 2. The minimum Gasteiger partial charge on any atom is -0.382 e. The molecule has 0 saturated heterocycles. The zero-order valence-electron chi connectivity index (χ0n) is 10.6. The average molecular weight is 268 g/mol. The first kappa shape index (κ1) is 13.1. The van der Waals surface area contributed by atoms with Crippen LogP contribution in [0.25, 0.3) is 0 Å². The third-order valence-corrected chi connectivity index (χ3v) is 3.55. The maximum atomic E-state index is 11.8. The van der Waals surface area contributed by atoms with Gasteiger partial charge in [0.05, 0.1) is 11.9 Å². The minimum atomic E-state index is -0.232. The van der Waals surface area contributed by atoms with Gasteiger partial charge in [-0.25, -0.2) is 4.68 Å². The highest BCUT2D eigenvalue weighted by Crippen LogP contribution is 2.21. The summed E-state index contributed by atoms with van der Waals surface area (Å²) < 4.78 is 1.35. The van der Waals surface area contributed by atoms with E-state index in [-0.39, 0.29) is 10.6 Å². The number of nitrogens with one attached hydrogen (secondary N) is 1. The number of hydrogen-bond acceptors (Lipinski definition) is 3. The van der Waals surface area contributed by atoms with Gasteiger partial charge in [-0.15, -0.1) is 0 Å². The van der Waals surface area contributed by atoms with Gasteiger partial charge in [-0.1, -0.05) is 23.3 Å². The molecule has 0 atom stereocenters. The molecule has 0 radical (unpaired) electrons. The molecular weight excluding hydrogens is 250 g/mol. The van der Waals surface area contributed by atoms with Crippen LogP contribution in [0.1, 0.15) is 32.6 Å². The summed E-state index contributed by atoms with van der Waals surface area (Å²) in [4.78, 5) is 11.8. The van der Waals surface area contributed by atoms with E-state index in [4.69, 9.17) is 11.6 Å². The summed E-state index contributed by atoms with van der Waals surface area (Å²) in [6.07, 6.45) is 8.60. The van der Waals surface area contributed by atoms with E-state index < -0.39 is 0 Å². The second-order valence-corrected chi connectivity index (χ2v) is 4.80. The number of hydrogen-bond donors (Lipinski definition) is 1. The Morgan fingerprint density at radius 1 is 1.56 bits per heavy atom. The molecule has 0 unspecified atom stereocenters. The molecule has 1 aliphatic carbocycles. The van der Waals surface area contributed by atoms with Crippen LogP contribution in [0.3, 0.4) is 0 Å². The van der Waals surface area contributed by atoms with Crippen molar-refractivity contribution in [2.24, 2.45) is 0 Å². The molecule has 2 rings (SSSR count). The van der Waals surface area contributed by atoms with Crippen LogP contribution in [0.4, 0.5) is 5.69 Å². The Labute approximate surface area is 112 Å². The van der Waals surface area contributed by atoms with E-state index in [9.17, 15) is 4.79 Å². The number of halogens is 1. The van der Waals surface area contributed by atoms with Crippen LogP contribution < -0.4 is 10.9 Å². The molecule has 0 amide bonds. The number of anilines is 1. The summed E-state index contributed by atoms with van der Waals surface area (Å²) in [6, 6.07) is 0. The zero-order chi connectivity index (χ0) is 13.0. The van der Waals surface area contributed by atoms with Gasteiger partial charge in [0.2, 0.25) is 0 Å². The first-order valence-electron chi connectivity index (χ1n) is 6.39. The Balaban J connectivity index is 1.97. The van der Waals surface area contributed by atoms with Gasteiger partial charge in [0.25, 0.3) is 5.56 Å². The van der Waals surface area contributed by atoms with Gasteiger partial charge in [0.15, 0.2) is 0 Å². The molecule has 0 fully saturated rings. The number of rotatable bonds is 5. The van der Waals surface area contributed by atoms with Gasteiger partial charge >= 0.3 is 0 Å². The molecule has 0 aromatic carbocycles. The molecular formula is C13H18ClN3O. The first-order chi connectivity index (χ1) is 8.72. The van der Waals surface area contributed by atoms with Crippen LogP contribution in [0.2, 0.25) is 5.02 Å². The normalized spacial score (nSPS) is 14.7. The highest BCUT2D eigenvalue weighted by molar-refractivity contribution is 6.32. The lowest BCUT2D eigenvalue weighted by molar-refractivity contribution is 0.616. The lowest BCUT2D eigenvalue weighted by Crippen LogP contribution is -2.23. The van der Waals surface area contributed by atoms with Crippen molar-refractivity contribution in [1.82, 2.24) is 9.78 Å². The van der Waals surface area contributed by atoms with Crippen molar-refractivity contribution >= 4 is 17.3 Å². The molecule has 18 heavy (non-hydrogen) atoms. The quantitative estimate of drug-likeness (QED) is 0.835. The fourth-order valence-electron chi connectivity index (χ4n) is 2.14. The summed E-state index contributed by atoms with van der Waals surface area (Å²) in [5, 5.41) is 7.46. The van der Waals surface area contributed by atoms with Crippen LogP contribution in [-0.2, 0) is 6.54 Å². The molecule has 5 heteroatoms. The van der Waals surface area contributed by atoms with Gasteiger partial charge in [0.1, 0.15) is 5.02 Å². The van der Waals surface area contributed by atoms with Crippen molar-refractivity contribution in [2.45, 2.75) is 39.2 Å². The number of allylic oxidation sites excluding steroid dienone is 1. The zero-order valence-corrected chi connectivity index (χ0v) is 11.3. The van der Waals surface area contributed by atoms with E-state index in [2.05, 4.69) is 16.5 Å². The monoisotopic (exact) mass is 267 g/mol. The highest BCUT2D eigenvalue weighted by Gasteiger charge is 2.09. The summed E-state index contributed by atoms with van der Waals surface area (Å²) in [7, 11) is 0. The van der Waals surface area contributed by atoms with E-state index >= 15 is 0 Å². The SMILES string of the molecule is CCn1ncc(NCCC2=CCCC2)c(Cl)c1=O. The molecule has 0 bridgehead atoms.